The fraction of sp³-hybridized carbons (Fsp3) is 0.143. The van der Waals surface area contributed by atoms with Gasteiger partial charge in [-0.25, -0.2) is 13.1 Å². The van der Waals surface area contributed by atoms with Crippen molar-refractivity contribution in [3.05, 3.63) is 53.9 Å². The van der Waals surface area contributed by atoms with E-state index in [-0.39, 0.29) is 17.1 Å². The Morgan fingerprint density at radius 3 is 2.71 bits per heavy atom. The number of pyridine rings is 1. The first kappa shape index (κ1) is 15.0. The van der Waals surface area contributed by atoms with Crippen LogP contribution in [0.4, 0.5) is 5.69 Å². The number of sulfonamides is 1. The highest BCUT2D eigenvalue weighted by molar-refractivity contribution is 7.89. The first-order valence-electron chi connectivity index (χ1n) is 6.22. The zero-order valence-electron chi connectivity index (χ0n) is 11.2. The van der Waals surface area contributed by atoms with Crippen molar-refractivity contribution in [3.8, 4) is 6.07 Å². The highest BCUT2D eigenvalue weighted by atomic mass is 32.2. The normalized spacial score (nSPS) is 11.0. The second-order valence-electron chi connectivity index (χ2n) is 4.33. The van der Waals surface area contributed by atoms with E-state index in [2.05, 4.69) is 9.71 Å². The van der Waals surface area contributed by atoms with Crippen LogP contribution in [0.25, 0.3) is 0 Å². The number of nitrogens with two attached hydrogens (primary N) is 1. The monoisotopic (exact) mass is 302 g/mol. The molecule has 108 valence electrons. The molecule has 0 amide bonds. The van der Waals surface area contributed by atoms with E-state index >= 15 is 0 Å². The third kappa shape index (κ3) is 3.78. The minimum atomic E-state index is -3.70. The maximum atomic E-state index is 12.1. The predicted octanol–water partition coefficient (Wildman–Crippen LogP) is 1.06. The van der Waals surface area contributed by atoms with Crippen molar-refractivity contribution < 1.29 is 8.42 Å². The van der Waals surface area contributed by atoms with Gasteiger partial charge in [0.1, 0.15) is 4.90 Å². The van der Waals surface area contributed by atoms with Gasteiger partial charge in [-0.15, -0.1) is 0 Å². The molecule has 6 nitrogen and oxygen atoms in total. The zero-order chi connectivity index (χ0) is 15.3. The minimum absolute atomic E-state index is 0.0254. The highest BCUT2D eigenvalue weighted by Gasteiger charge is 2.17. The number of aromatic nitrogens is 1. The highest BCUT2D eigenvalue weighted by Crippen LogP contribution is 2.19. The average Bonchev–Trinajstić information content (AvgIpc) is 2.47. The van der Waals surface area contributed by atoms with E-state index in [1.807, 2.05) is 18.2 Å². The summed E-state index contributed by atoms with van der Waals surface area (Å²) in [4.78, 5) is 4.09. The molecule has 0 aliphatic rings. The Balaban J connectivity index is 2.07. The largest absolute Gasteiger partial charge is 0.398 e. The Morgan fingerprint density at radius 1 is 1.29 bits per heavy atom. The summed E-state index contributed by atoms with van der Waals surface area (Å²) in [6.07, 6.45) is 2.14. The molecule has 2 aromatic rings. The van der Waals surface area contributed by atoms with Crippen LogP contribution in [0.5, 0.6) is 0 Å². The number of hydrogen-bond donors (Lipinski definition) is 2. The van der Waals surface area contributed by atoms with Crippen LogP contribution in [0.15, 0.2) is 47.5 Å². The Morgan fingerprint density at radius 2 is 2.10 bits per heavy atom. The number of benzene rings is 1. The smallest absolute Gasteiger partial charge is 0.242 e. The van der Waals surface area contributed by atoms with Gasteiger partial charge in [0.25, 0.3) is 0 Å². The van der Waals surface area contributed by atoms with Gasteiger partial charge in [0.05, 0.1) is 17.3 Å². The number of nitrogens with zero attached hydrogens (tertiary/aromatic N) is 2. The topological polar surface area (TPSA) is 109 Å². The van der Waals surface area contributed by atoms with Crippen molar-refractivity contribution in [3.63, 3.8) is 0 Å². The van der Waals surface area contributed by atoms with Gasteiger partial charge in [0.2, 0.25) is 10.0 Å². The van der Waals surface area contributed by atoms with Crippen LogP contribution >= 0.6 is 0 Å². The molecule has 1 heterocycles. The van der Waals surface area contributed by atoms with Crippen LogP contribution in [0.2, 0.25) is 0 Å². The van der Waals surface area contributed by atoms with Crippen molar-refractivity contribution in [1.82, 2.24) is 9.71 Å². The summed E-state index contributed by atoms with van der Waals surface area (Å²) in [6.45, 7) is 0.221. The first-order valence-corrected chi connectivity index (χ1v) is 7.70. The third-order valence-electron chi connectivity index (χ3n) is 2.83. The van der Waals surface area contributed by atoms with Gasteiger partial charge >= 0.3 is 0 Å². The maximum absolute atomic E-state index is 12.1. The number of nitriles is 1. The SMILES string of the molecule is N#Cc1ccc(S(=O)(=O)NCCc2ccccn2)c(N)c1. The average molecular weight is 302 g/mol. The molecule has 2 rings (SSSR count). The van der Waals surface area contributed by atoms with Crippen molar-refractivity contribution in [2.24, 2.45) is 0 Å². The molecule has 0 fully saturated rings. The maximum Gasteiger partial charge on any atom is 0.242 e. The zero-order valence-corrected chi connectivity index (χ0v) is 12.0. The van der Waals surface area contributed by atoms with E-state index in [0.717, 1.165) is 5.69 Å². The molecule has 0 saturated heterocycles. The van der Waals surface area contributed by atoms with E-state index in [1.54, 1.807) is 12.3 Å². The lowest BCUT2D eigenvalue weighted by Crippen LogP contribution is -2.27. The first-order chi connectivity index (χ1) is 10.0. The standard InChI is InChI=1S/C14H14N4O2S/c15-10-11-4-5-14(13(16)9-11)21(19,20)18-8-6-12-3-1-2-7-17-12/h1-5,7,9,18H,6,8,16H2. The van der Waals surface area contributed by atoms with Crippen molar-refractivity contribution in [2.75, 3.05) is 12.3 Å². The van der Waals surface area contributed by atoms with Gasteiger partial charge in [0.15, 0.2) is 0 Å². The Hall–Kier alpha value is -2.43. The second kappa shape index (κ2) is 6.35. The molecular weight excluding hydrogens is 288 g/mol. The summed E-state index contributed by atoms with van der Waals surface area (Å²) in [5.74, 6) is 0. The summed E-state index contributed by atoms with van der Waals surface area (Å²) >= 11 is 0. The summed E-state index contributed by atoms with van der Waals surface area (Å²) in [6, 6.07) is 11.5. The molecule has 3 N–H and O–H groups in total. The van der Waals surface area contributed by atoms with Crippen molar-refractivity contribution in [1.29, 1.82) is 5.26 Å². The fourth-order valence-corrected chi connectivity index (χ4v) is 2.94. The van der Waals surface area contributed by atoms with Gasteiger partial charge in [-0.1, -0.05) is 6.07 Å². The molecule has 7 heteroatoms. The molecule has 0 aliphatic heterocycles. The van der Waals surface area contributed by atoms with Crippen LogP contribution in [0, 0.1) is 11.3 Å². The number of hydrogen-bond acceptors (Lipinski definition) is 5. The molecule has 0 radical (unpaired) electrons. The Labute approximate surface area is 123 Å². The van der Waals surface area contributed by atoms with E-state index < -0.39 is 10.0 Å². The lowest BCUT2D eigenvalue weighted by molar-refractivity contribution is 0.581. The van der Waals surface area contributed by atoms with Gasteiger partial charge in [-0.05, 0) is 30.3 Å². The summed E-state index contributed by atoms with van der Waals surface area (Å²) in [7, 11) is -3.70. The Bertz CT molecular complexity index is 767. The van der Waals surface area contributed by atoms with Crippen molar-refractivity contribution >= 4 is 15.7 Å². The fourth-order valence-electron chi connectivity index (χ4n) is 1.80. The molecule has 0 bridgehead atoms. The Kier molecular flexibility index (Phi) is 4.52. The summed E-state index contributed by atoms with van der Waals surface area (Å²) in [5.41, 5.74) is 6.86. The quantitative estimate of drug-likeness (QED) is 0.803. The molecule has 0 saturated carbocycles. The van der Waals surface area contributed by atoms with Crippen LogP contribution < -0.4 is 10.5 Å². The predicted molar refractivity (Wildman–Crippen MR) is 78.7 cm³/mol. The minimum Gasteiger partial charge on any atom is -0.398 e. The third-order valence-corrected chi connectivity index (χ3v) is 4.36. The number of rotatable bonds is 5. The van der Waals surface area contributed by atoms with E-state index in [4.69, 9.17) is 11.0 Å². The molecule has 0 atom stereocenters. The number of anilines is 1. The van der Waals surface area contributed by atoms with Crippen LogP contribution in [0.1, 0.15) is 11.3 Å². The van der Waals surface area contributed by atoms with Crippen LogP contribution in [-0.2, 0) is 16.4 Å². The van der Waals surface area contributed by atoms with Gasteiger partial charge < -0.3 is 5.73 Å². The molecule has 1 aromatic carbocycles. The molecule has 0 aliphatic carbocycles. The van der Waals surface area contributed by atoms with Crippen LogP contribution in [0.3, 0.4) is 0 Å². The molecular formula is C14H14N4O2S. The number of nitrogen functional groups attached to an aromatic ring is 1. The van der Waals surface area contributed by atoms with E-state index in [0.29, 0.717) is 12.0 Å². The van der Waals surface area contributed by atoms with E-state index in [9.17, 15) is 8.42 Å². The lowest BCUT2D eigenvalue weighted by Gasteiger charge is -2.09. The van der Waals surface area contributed by atoms with Gasteiger partial charge in [-0.3, -0.25) is 4.98 Å². The van der Waals surface area contributed by atoms with Crippen molar-refractivity contribution in [2.45, 2.75) is 11.3 Å². The second-order valence-corrected chi connectivity index (χ2v) is 6.07. The molecule has 1 aromatic heterocycles. The molecule has 0 spiro atoms. The summed E-state index contributed by atoms with van der Waals surface area (Å²) < 4.78 is 26.8. The molecule has 21 heavy (non-hydrogen) atoms. The lowest BCUT2D eigenvalue weighted by atomic mass is 10.2. The van der Waals surface area contributed by atoms with Gasteiger partial charge in [0, 0.05) is 24.9 Å². The van der Waals surface area contributed by atoms with E-state index in [1.165, 1.54) is 18.2 Å². The molecule has 0 unspecified atom stereocenters. The number of nitrogens with one attached hydrogen (secondary N) is 1. The van der Waals surface area contributed by atoms with Crippen LogP contribution in [-0.4, -0.2) is 19.9 Å². The van der Waals surface area contributed by atoms with Gasteiger partial charge in [-0.2, -0.15) is 5.26 Å². The summed E-state index contributed by atoms with van der Waals surface area (Å²) in [5, 5.41) is 8.75.